The van der Waals surface area contributed by atoms with Crippen molar-refractivity contribution in [2.45, 2.75) is 137 Å². The third-order valence-corrected chi connectivity index (χ3v) is 15.0. The summed E-state index contributed by atoms with van der Waals surface area (Å²) in [6, 6.07) is 2.65. The molecule has 1 aliphatic heterocycles. The Morgan fingerprint density at radius 3 is 2.42 bits per heavy atom. The molecule has 0 amide bonds. The van der Waals surface area contributed by atoms with Crippen LogP contribution in [0, 0.1) is 24.2 Å². The topological polar surface area (TPSA) is 103 Å². The summed E-state index contributed by atoms with van der Waals surface area (Å²) in [4.78, 5) is 43.8. The number of hydrogen-bond acceptors (Lipinski definition) is 8. The molecule has 0 radical (unpaired) electrons. The standard InChI is InChI=1S/C34H55NO6SSi/c1-10-43(11-2,12-3)41-30-21-31(37)40-29(24(5)20-28-22-42-26(7)35-28)17-16-27(18-19-36)15-13-14-23(4)32(38)25(6)33(39)34(30,8)9/h16,19-20,22-23,25,29-30,32,38H,10-15,17-18,21H2,1-9H3/b24-20+,27-16+/t23-,25+,29-,30-,32-/m0/s1. The Labute approximate surface area is 264 Å². The highest BCUT2D eigenvalue weighted by Gasteiger charge is 2.46. The molecule has 0 aliphatic carbocycles. The molecule has 2 heterocycles. The number of aliphatic hydroxyl groups excluding tert-OH is 1. The maximum absolute atomic E-state index is 14.1. The molecule has 0 fully saturated rings. The molecule has 0 unspecified atom stereocenters. The zero-order valence-corrected chi connectivity index (χ0v) is 29.7. The smallest absolute Gasteiger partial charge is 0.309 e. The van der Waals surface area contributed by atoms with Crippen molar-refractivity contribution in [1.82, 2.24) is 4.98 Å². The second kappa shape index (κ2) is 16.9. The van der Waals surface area contributed by atoms with Gasteiger partial charge in [0.1, 0.15) is 18.2 Å². The molecule has 1 aromatic rings. The van der Waals surface area contributed by atoms with E-state index in [0.29, 0.717) is 19.3 Å². The van der Waals surface area contributed by atoms with E-state index in [1.54, 1.807) is 18.3 Å². The van der Waals surface area contributed by atoms with Crippen LogP contribution in [0.4, 0.5) is 0 Å². The molecule has 2 rings (SSSR count). The molecule has 0 spiro atoms. The van der Waals surface area contributed by atoms with Crippen LogP contribution in [0.25, 0.3) is 6.08 Å². The number of aliphatic hydroxyl groups is 1. The van der Waals surface area contributed by atoms with Gasteiger partial charge in [0.15, 0.2) is 8.32 Å². The Bertz CT molecular complexity index is 1130. The number of thiazole rings is 1. The minimum absolute atomic E-state index is 0.0592. The van der Waals surface area contributed by atoms with E-state index < -0.39 is 43.9 Å². The number of rotatable bonds is 9. The molecule has 5 atom stereocenters. The van der Waals surface area contributed by atoms with Crippen LogP contribution in [-0.4, -0.2) is 54.8 Å². The number of carbonyl (C=O) groups is 3. The number of cyclic esters (lactones) is 1. The first-order valence-electron chi connectivity index (χ1n) is 16.0. The number of Topliss-reactive ketones (excluding diaryl/α,β-unsaturated/α-hetero) is 1. The van der Waals surface area contributed by atoms with Crippen LogP contribution in [0.1, 0.15) is 105 Å². The van der Waals surface area contributed by atoms with Crippen molar-refractivity contribution in [2.75, 3.05) is 0 Å². The first kappa shape index (κ1) is 37.2. The lowest BCUT2D eigenvalue weighted by atomic mass is 9.73. The van der Waals surface area contributed by atoms with Gasteiger partial charge in [0, 0.05) is 29.6 Å². The third kappa shape index (κ3) is 10.3. The van der Waals surface area contributed by atoms with Gasteiger partial charge in [-0.3, -0.25) is 9.59 Å². The quantitative estimate of drug-likeness (QED) is 0.128. The Morgan fingerprint density at radius 1 is 1.21 bits per heavy atom. The molecule has 43 heavy (non-hydrogen) atoms. The molecule has 0 saturated heterocycles. The molecule has 242 valence electrons. The summed E-state index contributed by atoms with van der Waals surface area (Å²) in [6.07, 6.45) is 5.72. The summed E-state index contributed by atoms with van der Waals surface area (Å²) >= 11 is 1.56. The van der Waals surface area contributed by atoms with Gasteiger partial charge in [-0.25, -0.2) is 4.98 Å². The van der Waals surface area contributed by atoms with Gasteiger partial charge in [0.05, 0.1) is 29.3 Å². The van der Waals surface area contributed by atoms with E-state index in [4.69, 9.17) is 9.16 Å². The predicted octanol–water partition coefficient (Wildman–Crippen LogP) is 7.86. The molecular weight excluding hydrogens is 579 g/mol. The summed E-state index contributed by atoms with van der Waals surface area (Å²) in [6.45, 7) is 17.7. The molecule has 9 heteroatoms. The second-order valence-electron chi connectivity index (χ2n) is 12.9. The normalized spacial score (nSPS) is 28.2. The van der Waals surface area contributed by atoms with Crippen molar-refractivity contribution in [3.8, 4) is 0 Å². The van der Waals surface area contributed by atoms with Gasteiger partial charge in [-0.1, -0.05) is 60.1 Å². The van der Waals surface area contributed by atoms with Gasteiger partial charge in [-0.2, -0.15) is 0 Å². The number of aryl methyl sites for hydroxylation is 1. The van der Waals surface area contributed by atoms with Crippen molar-refractivity contribution in [1.29, 1.82) is 0 Å². The zero-order valence-electron chi connectivity index (χ0n) is 27.9. The fraction of sp³-hybridized carbons (Fsp3) is 0.706. The first-order chi connectivity index (χ1) is 20.2. The molecule has 7 nitrogen and oxygen atoms in total. The molecule has 1 N–H and O–H groups in total. The maximum Gasteiger partial charge on any atom is 0.309 e. The van der Waals surface area contributed by atoms with Crippen LogP contribution in [0.15, 0.2) is 22.6 Å². The molecule has 0 bridgehead atoms. The average molecular weight is 634 g/mol. The monoisotopic (exact) mass is 633 g/mol. The molecule has 1 aromatic heterocycles. The number of nitrogens with zero attached hydrogens (tertiary/aromatic N) is 1. The van der Waals surface area contributed by atoms with Crippen LogP contribution in [0.3, 0.4) is 0 Å². The molecule has 0 aromatic carbocycles. The van der Waals surface area contributed by atoms with E-state index in [1.807, 2.05) is 52.2 Å². The molecular formula is C34H55NO6SSi. The van der Waals surface area contributed by atoms with Crippen LogP contribution < -0.4 is 0 Å². The summed E-state index contributed by atoms with van der Waals surface area (Å²) in [5.41, 5.74) is 1.65. The van der Waals surface area contributed by atoms with Gasteiger partial charge in [-0.15, -0.1) is 11.3 Å². The number of carbonyl (C=O) groups excluding carboxylic acids is 3. The van der Waals surface area contributed by atoms with E-state index in [9.17, 15) is 19.5 Å². The number of aldehydes is 1. The summed E-state index contributed by atoms with van der Waals surface area (Å²) in [5, 5.41) is 14.2. The fourth-order valence-corrected chi connectivity index (χ4v) is 9.64. The van der Waals surface area contributed by atoms with E-state index in [-0.39, 0.29) is 18.1 Å². The zero-order chi connectivity index (χ0) is 32.4. The van der Waals surface area contributed by atoms with Crippen molar-refractivity contribution in [2.24, 2.45) is 17.3 Å². The largest absolute Gasteiger partial charge is 0.457 e. The fourth-order valence-electron chi connectivity index (χ4n) is 6.09. The minimum Gasteiger partial charge on any atom is -0.457 e. The van der Waals surface area contributed by atoms with Crippen molar-refractivity contribution in [3.05, 3.63) is 33.3 Å². The maximum atomic E-state index is 14.1. The number of allylic oxidation sites excluding steroid dienone is 1. The van der Waals surface area contributed by atoms with E-state index in [1.165, 1.54) is 0 Å². The van der Waals surface area contributed by atoms with E-state index >= 15 is 0 Å². The Morgan fingerprint density at radius 2 is 1.86 bits per heavy atom. The van der Waals surface area contributed by atoms with E-state index in [2.05, 4.69) is 25.8 Å². The van der Waals surface area contributed by atoms with Gasteiger partial charge in [-0.05, 0) is 68.8 Å². The van der Waals surface area contributed by atoms with Crippen molar-refractivity contribution in [3.63, 3.8) is 0 Å². The highest BCUT2D eigenvalue weighted by molar-refractivity contribution is 7.09. The second-order valence-corrected chi connectivity index (χ2v) is 18.7. The molecule has 0 saturated carbocycles. The number of hydrogen-bond donors (Lipinski definition) is 1. The first-order valence-corrected chi connectivity index (χ1v) is 19.5. The number of esters is 1. The Hall–Kier alpha value is -1.94. The van der Waals surface area contributed by atoms with Crippen LogP contribution in [0.5, 0.6) is 0 Å². The van der Waals surface area contributed by atoms with E-state index in [0.717, 1.165) is 59.1 Å². The minimum atomic E-state index is -2.22. The van der Waals surface area contributed by atoms with Gasteiger partial charge >= 0.3 is 5.97 Å². The summed E-state index contributed by atoms with van der Waals surface area (Å²) in [7, 11) is -2.22. The highest BCUT2D eigenvalue weighted by atomic mass is 32.1. The Balaban J connectivity index is 2.59. The van der Waals surface area contributed by atoms with Crippen LogP contribution in [-0.2, 0) is 23.5 Å². The number of ketones is 1. The summed E-state index contributed by atoms with van der Waals surface area (Å²) < 4.78 is 13.1. The van der Waals surface area contributed by atoms with Gasteiger partial charge in [0.25, 0.3) is 0 Å². The van der Waals surface area contributed by atoms with Crippen molar-refractivity contribution < 1.29 is 28.7 Å². The SMILES string of the molecule is CC[Si](CC)(CC)O[C@H]1CC(=O)O[C@H](/C(C)=C/c2csc(C)n2)C/C=C(/CC=O)CCC[C@H](C)[C@H](O)[C@@H](C)C(=O)C1(C)C. The summed E-state index contributed by atoms with van der Waals surface area (Å²) in [5.74, 6) is -1.25. The third-order valence-electron chi connectivity index (χ3n) is 9.54. The average Bonchev–Trinajstić information content (AvgIpc) is 3.39. The van der Waals surface area contributed by atoms with Crippen LogP contribution in [0.2, 0.25) is 18.1 Å². The molecule has 1 aliphatic rings. The highest BCUT2D eigenvalue weighted by Crippen LogP contribution is 2.37. The number of aromatic nitrogens is 1. The Kier molecular flexibility index (Phi) is 14.7. The lowest BCUT2D eigenvalue weighted by molar-refractivity contribution is -0.153. The number of ether oxygens (including phenoxy) is 1. The van der Waals surface area contributed by atoms with Crippen molar-refractivity contribution >= 4 is 43.8 Å². The lowest BCUT2D eigenvalue weighted by Gasteiger charge is -2.42. The predicted molar refractivity (Wildman–Crippen MR) is 177 cm³/mol. The van der Waals surface area contributed by atoms with Gasteiger partial charge in [0.2, 0.25) is 0 Å². The van der Waals surface area contributed by atoms with Gasteiger partial charge < -0.3 is 19.1 Å². The lowest BCUT2D eigenvalue weighted by Crippen LogP contribution is -2.51. The van der Waals surface area contributed by atoms with Crippen LogP contribution >= 0.6 is 11.3 Å².